The second-order valence-electron chi connectivity index (χ2n) is 6.20. The van der Waals surface area contributed by atoms with E-state index in [1.54, 1.807) is 20.1 Å². The third-order valence-corrected chi connectivity index (χ3v) is 5.39. The van der Waals surface area contributed by atoms with E-state index in [-0.39, 0.29) is 5.82 Å². The maximum absolute atomic E-state index is 13.7. The van der Waals surface area contributed by atoms with Crippen LogP contribution in [0, 0.1) is 12.7 Å². The monoisotopic (exact) mass is 361 g/mol. The lowest BCUT2D eigenvalue weighted by atomic mass is 10.1. The number of nitrogens with one attached hydrogen (secondary N) is 1. The Bertz CT molecular complexity index is 754. The van der Waals surface area contributed by atoms with Crippen molar-refractivity contribution in [1.82, 2.24) is 9.88 Å². The van der Waals surface area contributed by atoms with Crippen molar-refractivity contribution in [2.75, 3.05) is 31.5 Å². The molecule has 1 aromatic carbocycles. The Morgan fingerprint density at radius 2 is 2.08 bits per heavy atom. The first-order valence-electron chi connectivity index (χ1n) is 8.59. The number of hydrogen-bond acceptors (Lipinski definition) is 5. The lowest BCUT2D eigenvalue weighted by Gasteiger charge is -2.15. The van der Waals surface area contributed by atoms with E-state index >= 15 is 0 Å². The largest absolute Gasteiger partial charge is 0.479 e. The number of ether oxygens (including phenoxy) is 1. The summed E-state index contributed by atoms with van der Waals surface area (Å²) in [6.45, 7) is 7.09. The van der Waals surface area contributed by atoms with Crippen LogP contribution in [0.25, 0.3) is 0 Å². The number of fused-ring (bicyclic) bond motifs is 1. The Kier molecular flexibility index (Phi) is 5.81. The third-order valence-electron chi connectivity index (χ3n) is 4.58. The number of aromatic nitrogens is 1. The molecule has 0 saturated heterocycles. The molecule has 0 saturated carbocycles. The zero-order chi connectivity index (χ0) is 17.8. The number of benzene rings is 1. The molecule has 1 N–H and O–H groups in total. The molecular formula is C19H24FN3OS. The van der Waals surface area contributed by atoms with Crippen LogP contribution in [0.2, 0.25) is 0 Å². The molecule has 0 unspecified atom stereocenters. The zero-order valence-electron chi connectivity index (χ0n) is 14.9. The van der Waals surface area contributed by atoms with E-state index in [0.717, 1.165) is 48.8 Å². The van der Waals surface area contributed by atoms with Crippen LogP contribution in [-0.4, -0.2) is 36.6 Å². The number of anilines is 1. The van der Waals surface area contributed by atoms with Crippen molar-refractivity contribution in [1.29, 1.82) is 0 Å². The van der Waals surface area contributed by atoms with Crippen molar-refractivity contribution in [3.05, 3.63) is 46.9 Å². The molecule has 0 atom stereocenters. The van der Waals surface area contributed by atoms with Crippen molar-refractivity contribution >= 4 is 17.6 Å². The average molecular weight is 361 g/mol. The molecule has 6 heteroatoms. The van der Waals surface area contributed by atoms with Crippen LogP contribution in [0.15, 0.2) is 29.2 Å². The second kappa shape index (κ2) is 8.06. The van der Waals surface area contributed by atoms with Crippen LogP contribution in [-0.2, 0) is 12.8 Å². The van der Waals surface area contributed by atoms with Gasteiger partial charge in [0.2, 0.25) is 5.88 Å². The number of rotatable bonds is 5. The molecule has 0 fully saturated rings. The van der Waals surface area contributed by atoms with Crippen LogP contribution < -0.4 is 9.46 Å². The quantitative estimate of drug-likeness (QED) is 0.813. The third kappa shape index (κ3) is 4.25. The fraction of sp³-hybridized carbons (Fsp3) is 0.421. The molecule has 2 aromatic rings. The minimum atomic E-state index is -0.196. The van der Waals surface area contributed by atoms with E-state index < -0.39 is 0 Å². The van der Waals surface area contributed by atoms with Crippen LogP contribution >= 0.6 is 11.9 Å². The van der Waals surface area contributed by atoms with Crippen molar-refractivity contribution < 1.29 is 9.13 Å². The Morgan fingerprint density at radius 3 is 2.80 bits per heavy atom. The van der Waals surface area contributed by atoms with Crippen molar-refractivity contribution in [2.24, 2.45) is 0 Å². The predicted molar refractivity (Wildman–Crippen MR) is 101 cm³/mol. The maximum atomic E-state index is 13.7. The van der Waals surface area contributed by atoms with E-state index in [0.29, 0.717) is 11.4 Å². The summed E-state index contributed by atoms with van der Waals surface area (Å²) < 4.78 is 22.4. The summed E-state index contributed by atoms with van der Waals surface area (Å²) in [4.78, 5) is 7.96. The summed E-state index contributed by atoms with van der Waals surface area (Å²) in [5, 5.41) is 0. The summed E-state index contributed by atoms with van der Waals surface area (Å²) in [5.41, 5.74) is 3.85. The number of aryl methyl sites for hydroxylation is 1. The zero-order valence-corrected chi connectivity index (χ0v) is 15.8. The van der Waals surface area contributed by atoms with E-state index in [2.05, 4.69) is 22.6 Å². The highest BCUT2D eigenvalue weighted by Crippen LogP contribution is 2.31. The predicted octanol–water partition coefficient (Wildman–Crippen LogP) is 4.08. The van der Waals surface area contributed by atoms with Gasteiger partial charge in [0.05, 0.1) is 7.11 Å². The van der Waals surface area contributed by atoms with Gasteiger partial charge in [0.1, 0.15) is 11.5 Å². The van der Waals surface area contributed by atoms with E-state index in [1.807, 2.05) is 6.07 Å². The lowest BCUT2D eigenvalue weighted by molar-refractivity contribution is 0.303. The molecule has 0 spiro atoms. The molecule has 3 rings (SSSR count). The fourth-order valence-electron chi connectivity index (χ4n) is 2.96. The van der Waals surface area contributed by atoms with E-state index in [9.17, 15) is 4.39 Å². The highest BCUT2D eigenvalue weighted by molar-refractivity contribution is 8.00. The van der Waals surface area contributed by atoms with Gasteiger partial charge in [0, 0.05) is 30.1 Å². The molecular weight excluding hydrogens is 337 g/mol. The summed E-state index contributed by atoms with van der Waals surface area (Å²) in [7, 11) is 1.63. The molecule has 4 nitrogen and oxygen atoms in total. The second-order valence-corrected chi connectivity index (χ2v) is 7.08. The van der Waals surface area contributed by atoms with Crippen LogP contribution in [0.4, 0.5) is 10.1 Å². The van der Waals surface area contributed by atoms with Crippen molar-refractivity contribution in [3.8, 4) is 5.88 Å². The summed E-state index contributed by atoms with van der Waals surface area (Å²) in [5.74, 6) is 0.391. The van der Waals surface area contributed by atoms with Gasteiger partial charge in [-0.25, -0.2) is 9.37 Å². The summed E-state index contributed by atoms with van der Waals surface area (Å²) in [6, 6.07) is 7.34. The van der Waals surface area contributed by atoms with Gasteiger partial charge in [-0.3, -0.25) is 0 Å². The van der Waals surface area contributed by atoms with Gasteiger partial charge >= 0.3 is 0 Å². The minimum absolute atomic E-state index is 0.196. The van der Waals surface area contributed by atoms with Gasteiger partial charge < -0.3 is 14.4 Å². The first-order valence-corrected chi connectivity index (χ1v) is 9.40. The topological polar surface area (TPSA) is 37.4 Å². The van der Waals surface area contributed by atoms with Gasteiger partial charge in [-0.05, 0) is 61.2 Å². The SMILES string of the molecule is CCN1CCc2cc(NSc3ccc(C)c(F)c3)c(OC)nc2CC1. The molecule has 1 aliphatic heterocycles. The Hall–Kier alpha value is -1.79. The summed E-state index contributed by atoms with van der Waals surface area (Å²) in [6.07, 6.45) is 1.93. The minimum Gasteiger partial charge on any atom is -0.479 e. The lowest BCUT2D eigenvalue weighted by Crippen LogP contribution is -2.25. The average Bonchev–Trinajstić information content (AvgIpc) is 2.83. The van der Waals surface area contributed by atoms with Gasteiger partial charge in [-0.1, -0.05) is 13.0 Å². The number of halogens is 1. The van der Waals surface area contributed by atoms with Gasteiger partial charge in [0.15, 0.2) is 0 Å². The molecule has 25 heavy (non-hydrogen) atoms. The van der Waals surface area contributed by atoms with Gasteiger partial charge in [-0.15, -0.1) is 0 Å². The number of methoxy groups -OCH3 is 1. The Balaban J connectivity index is 1.79. The highest BCUT2D eigenvalue weighted by Gasteiger charge is 2.17. The molecule has 1 aromatic heterocycles. The van der Waals surface area contributed by atoms with Crippen molar-refractivity contribution in [3.63, 3.8) is 0 Å². The van der Waals surface area contributed by atoms with Gasteiger partial charge in [-0.2, -0.15) is 0 Å². The van der Waals surface area contributed by atoms with Crippen LogP contribution in [0.5, 0.6) is 5.88 Å². The first kappa shape index (κ1) is 18.0. The van der Waals surface area contributed by atoms with E-state index in [4.69, 9.17) is 9.72 Å². The number of nitrogens with zero attached hydrogens (tertiary/aromatic N) is 2. The molecule has 1 aliphatic rings. The Labute approximate surface area is 152 Å². The van der Waals surface area contributed by atoms with Gasteiger partial charge in [0.25, 0.3) is 0 Å². The maximum Gasteiger partial charge on any atom is 0.238 e. The highest BCUT2D eigenvalue weighted by atomic mass is 32.2. The number of pyridine rings is 1. The molecule has 0 radical (unpaired) electrons. The molecule has 0 bridgehead atoms. The van der Waals surface area contributed by atoms with Crippen molar-refractivity contribution in [2.45, 2.75) is 31.6 Å². The molecule has 2 heterocycles. The normalized spacial score (nSPS) is 14.7. The molecule has 0 amide bonds. The summed E-state index contributed by atoms with van der Waals surface area (Å²) >= 11 is 1.37. The first-order chi connectivity index (χ1) is 12.1. The smallest absolute Gasteiger partial charge is 0.238 e. The van der Waals surface area contributed by atoms with Crippen LogP contribution in [0.1, 0.15) is 23.7 Å². The number of hydrogen-bond donors (Lipinski definition) is 1. The fourth-order valence-corrected chi connectivity index (χ4v) is 3.63. The number of likely N-dealkylation sites (N-methyl/N-ethyl adjacent to an activating group) is 1. The van der Waals surface area contributed by atoms with Crippen LogP contribution in [0.3, 0.4) is 0 Å². The molecule has 0 aliphatic carbocycles. The van der Waals surface area contributed by atoms with E-state index in [1.165, 1.54) is 23.6 Å². The standard InChI is InChI=1S/C19H24FN3OS/c1-4-23-9-7-14-11-18(19(24-3)21-17(14)8-10-23)22-25-15-6-5-13(2)16(20)12-15/h5-6,11-12,22H,4,7-10H2,1-3H3. The molecule has 134 valence electrons. The Morgan fingerprint density at radius 1 is 1.28 bits per heavy atom.